The van der Waals surface area contributed by atoms with Crippen molar-refractivity contribution in [3.8, 4) is 5.75 Å². The van der Waals surface area contributed by atoms with Crippen molar-refractivity contribution in [1.29, 1.82) is 0 Å². The number of Topliss-reactive ketones (excluding diaryl/α,β-unsaturated/α-hetero) is 1. The molecule has 1 atom stereocenters. The number of benzene rings is 3. The zero-order valence-electron chi connectivity index (χ0n) is 21.4. The molecule has 1 unspecified atom stereocenters. The van der Waals surface area contributed by atoms with Gasteiger partial charge in [-0.3, -0.25) is 14.5 Å². The molecule has 0 fully saturated rings. The Morgan fingerprint density at radius 2 is 1.79 bits per heavy atom. The van der Waals surface area contributed by atoms with Gasteiger partial charge in [0.05, 0.1) is 17.7 Å². The molecule has 0 bridgehead atoms. The van der Waals surface area contributed by atoms with E-state index in [0.717, 1.165) is 15.5 Å². The number of aliphatic hydroxyl groups excluding tert-OH is 1. The van der Waals surface area contributed by atoms with Gasteiger partial charge >= 0.3 is 0 Å². The molecular formula is C30H27BrN2O5. The highest BCUT2D eigenvalue weighted by atomic mass is 79.9. The number of nitrogens with zero attached hydrogens (tertiary/aromatic N) is 2. The lowest BCUT2D eigenvalue weighted by molar-refractivity contribution is -0.117. The molecule has 0 spiro atoms. The summed E-state index contributed by atoms with van der Waals surface area (Å²) in [5, 5.41) is 11.8. The molecule has 7 nitrogen and oxygen atoms in total. The van der Waals surface area contributed by atoms with Crippen molar-refractivity contribution in [3.05, 3.63) is 99.9 Å². The summed E-state index contributed by atoms with van der Waals surface area (Å²) >= 11 is 3.43. The number of ether oxygens (including phenoxy) is 1. The number of rotatable bonds is 7. The minimum atomic E-state index is -0.893. The van der Waals surface area contributed by atoms with E-state index < -0.39 is 23.5 Å². The van der Waals surface area contributed by atoms with Gasteiger partial charge < -0.3 is 19.2 Å². The number of hydrogen-bond acceptors (Lipinski definition) is 6. The maximum absolute atomic E-state index is 13.9. The van der Waals surface area contributed by atoms with E-state index in [1.807, 2.05) is 69.2 Å². The molecule has 5 rings (SSSR count). The summed E-state index contributed by atoms with van der Waals surface area (Å²) in [5.74, 6) is -1.19. The molecule has 0 radical (unpaired) electrons. The standard InChI is InChI=1S/C30H27BrN2O5/c1-17(2)37-23-7-5-6-18(15-23)27-26(28(34)25-16-19-14-20(31)8-13-24(19)38-25)29(35)30(36)33(27)22-11-9-21(10-12-22)32(3)4/h5-17,27,35H,1-4H3. The summed E-state index contributed by atoms with van der Waals surface area (Å²) in [6.45, 7) is 3.84. The summed E-state index contributed by atoms with van der Waals surface area (Å²) < 4.78 is 12.6. The van der Waals surface area contributed by atoms with Crippen LogP contribution in [0.3, 0.4) is 0 Å². The topological polar surface area (TPSA) is 83.2 Å². The number of halogens is 1. The third-order valence-electron chi connectivity index (χ3n) is 6.34. The molecule has 1 N–H and O–H groups in total. The van der Waals surface area contributed by atoms with Crippen molar-refractivity contribution < 1.29 is 23.8 Å². The molecule has 1 aromatic heterocycles. The molecular weight excluding hydrogens is 548 g/mol. The molecule has 4 aromatic rings. The van der Waals surface area contributed by atoms with Crippen LogP contribution in [-0.2, 0) is 4.79 Å². The van der Waals surface area contributed by atoms with Gasteiger partial charge in [0.25, 0.3) is 5.91 Å². The van der Waals surface area contributed by atoms with Crippen LogP contribution in [-0.4, -0.2) is 37.0 Å². The Balaban J connectivity index is 1.64. The number of ketones is 1. The molecule has 38 heavy (non-hydrogen) atoms. The van der Waals surface area contributed by atoms with Crippen molar-refractivity contribution in [2.75, 3.05) is 23.9 Å². The van der Waals surface area contributed by atoms with E-state index in [4.69, 9.17) is 9.15 Å². The van der Waals surface area contributed by atoms with Gasteiger partial charge in [0, 0.05) is 35.3 Å². The normalized spacial score (nSPS) is 15.6. The first-order chi connectivity index (χ1) is 18.1. The van der Waals surface area contributed by atoms with Gasteiger partial charge in [-0.2, -0.15) is 0 Å². The van der Waals surface area contributed by atoms with Crippen LogP contribution in [0.1, 0.15) is 36.0 Å². The fourth-order valence-corrected chi connectivity index (χ4v) is 5.00. The molecule has 1 aliphatic heterocycles. The first kappa shape index (κ1) is 25.6. The number of hydrogen-bond donors (Lipinski definition) is 1. The highest BCUT2D eigenvalue weighted by molar-refractivity contribution is 9.10. The van der Waals surface area contributed by atoms with Crippen LogP contribution in [0.2, 0.25) is 0 Å². The lowest BCUT2D eigenvalue weighted by Crippen LogP contribution is -2.31. The summed E-state index contributed by atoms with van der Waals surface area (Å²) in [6, 6.07) is 20.7. The quantitative estimate of drug-likeness (QED) is 0.243. The van der Waals surface area contributed by atoms with Crippen molar-refractivity contribution in [3.63, 3.8) is 0 Å². The smallest absolute Gasteiger partial charge is 0.294 e. The van der Waals surface area contributed by atoms with E-state index in [9.17, 15) is 14.7 Å². The van der Waals surface area contributed by atoms with Crippen LogP contribution in [0.4, 0.5) is 11.4 Å². The third kappa shape index (κ3) is 4.67. The Morgan fingerprint density at radius 3 is 2.47 bits per heavy atom. The zero-order valence-corrected chi connectivity index (χ0v) is 23.0. The van der Waals surface area contributed by atoms with Crippen molar-refractivity contribution in [2.45, 2.75) is 26.0 Å². The zero-order chi connectivity index (χ0) is 27.1. The van der Waals surface area contributed by atoms with Crippen molar-refractivity contribution >= 4 is 50.0 Å². The van der Waals surface area contributed by atoms with Crippen LogP contribution in [0.15, 0.2) is 93.0 Å². The maximum Gasteiger partial charge on any atom is 0.294 e. The SMILES string of the molecule is CC(C)Oc1cccc(C2C(C(=O)c3cc4cc(Br)ccc4o3)=C(O)C(=O)N2c2ccc(N(C)C)cc2)c1. The number of amides is 1. The van der Waals surface area contributed by atoms with Crippen LogP contribution in [0, 0.1) is 0 Å². The van der Waals surface area contributed by atoms with Gasteiger partial charge in [0.2, 0.25) is 5.78 Å². The highest BCUT2D eigenvalue weighted by Crippen LogP contribution is 2.43. The second-order valence-corrected chi connectivity index (χ2v) is 10.5. The maximum atomic E-state index is 13.9. The van der Waals surface area contributed by atoms with Crippen LogP contribution in [0.25, 0.3) is 11.0 Å². The number of anilines is 2. The first-order valence-electron chi connectivity index (χ1n) is 12.2. The van der Waals surface area contributed by atoms with E-state index in [-0.39, 0.29) is 17.4 Å². The number of aliphatic hydroxyl groups is 1. The Morgan fingerprint density at radius 1 is 1.05 bits per heavy atom. The van der Waals surface area contributed by atoms with E-state index in [1.54, 1.807) is 36.4 Å². The van der Waals surface area contributed by atoms with Gasteiger partial charge in [-0.25, -0.2) is 0 Å². The molecule has 1 amide bonds. The second-order valence-electron chi connectivity index (χ2n) is 9.61. The third-order valence-corrected chi connectivity index (χ3v) is 6.84. The number of carbonyl (C=O) groups excluding carboxylic acids is 2. The molecule has 0 saturated heterocycles. The molecule has 1 aliphatic rings. The molecule has 0 aliphatic carbocycles. The average molecular weight is 575 g/mol. The fraction of sp³-hybridized carbons (Fsp3) is 0.200. The van der Waals surface area contributed by atoms with Gasteiger partial charge in [0.15, 0.2) is 11.5 Å². The van der Waals surface area contributed by atoms with Crippen molar-refractivity contribution in [2.24, 2.45) is 0 Å². The Kier molecular flexibility index (Phi) is 6.75. The van der Waals surface area contributed by atoms with E-state index in [0.29, 0.717) is 22.6 Å². The monoisotopic (exact) mass is 574 g/mol. The molecule has 2 heterocycles. The van der Waals surface area contributed by atoms with Crippen molar-refractivity contribution in [1.82, 2.24) is 0 Å². The molecule has 3 aromatic carbocycles. The Labute approximate surface area is 229 Å². The lowest BCUT2D eigenvalue weighted by Gasteiger charge is -2.27. The predicted octanol–water partition coefficient (Wildman–Crippen LogP) is 6.83. The Bertz CT molecular complexity index is 1570. The number of fused-ring (bicyclic) bond motifs is 1. The lowest BCUT2D eigenvalue weighted by atomic mass is 9.94. The predicted molar refractivity (Wildman–Crippen MR) is 151 cm³/mol. The minimum Gasteiger partial charge on any atom is -0.503 e. The minimum absolute atomic E-state index is 0.0387. The Hall–Kier alpha value is -4.04. The van der Waals surface area contributed by atoms with Gasteiger partial charge in [0.1, 0.15) is 11.3 Å². The second kappa shape index (κ2) is 10.0. The average Bonchev–Trinajstić information content (AvgIpc) is 3.42. The van der Waals surface area contributed by atoms with Crippen LogP contribution < -0.4 is 14.5 Å². The van der Waals surface area contributed by atoms with E-state index >= 15 is 0 Å². The van der Waals surface area contributed by atoms with Crippen LogP contribution in [0.5, 0.6) is 5.75 Å². The molecule has 194 valence electrons. The fourth-order valence-electron chi connectivity index (χ4n) is 4.62. The molecule has 0 saturated carbocycles. The molecule has 8 heteroatoms. The van der Waals surface area contributed by atoms with Gasteiger partial charge in [-0.05, 0) is 80.1 Å². The van der Waals surface area contributed by atoms with E-state index in [2.05, 4.69) is 15.9 Å². The first-order valence-corrected chi connectivity index (χ1v) is 13.0. The number of furan rings is 1. The summed E-state index contributed by atoms with van der Waals surface area (Å²) in [6.07, 6.45) is -0.0648. The largest absolute Gasteiger partial charge is 0.503 e. The van der Waals surface area contributed by atoms with Gasteiger partial charge in [-0.1, -0.05) is 28.1 Å². The van der Waals surface area contributed by atoms with Gasteiger partial charge in [-0.15, -0.1) is 0 Å². The summed E-state index contributed by atoms with van der Waals surface area (Å²) in [7, 11) is 3.85. The highest BCUT2D eigenvalue weighted by Gasteiger charge is 2.45. The summed E-state index contributed by atoms with van der Waals surface area (Å²) in [5.41, 5.74) is 2.60. The van der Waals surface area contributed by atoms with Crippen LogP contribution >= 0.6 is 15.9 Å². The summed E-state index contributed by atoms with van der Waals surface area (Å²) in [4.78, 5) is 30.8. The van der Waals surface area contributed by atoms with E-state index in [1.165, 1.54) is 4.90 Å². The number of carbonyl (C=O) groups is 2.